The summed E-state index contributed by atoms with van der Waals surface area (Å²) in [5.74, 6) is -2.12. The number of esters is 1. The van der Waals surface area contributed by atoms with Crippen LogP contribution in [0.5, 0.6) is 0 Å². The van der Waals surface area contributed by atoms with Crippen molar-refractivity contribution < 1.29 is 23.9 Å². The predicted octanol–water partition coefficient (Wildman–Crippen LogP) is 2.26. The number of rotatable bonds is 5. The molecule has 138 valence electrons. The minimum atomic E-state index is -0.614. The zero-order valence-electron chi connectivity index (χ0n) is 14.2. The smallest absolute Gasteiger partial charge is 0.338 e. The predicted molar refractivity (Wildman–Crippen MR) is 98.3 cm³/mol. The Morgan fingerprint density at radius 1 is 1.15 bits per heavy atom. The monoisotopic (exact) mass is 431 g/mol. The van der Waals surface area contributed by atoms with Crippen molar-refractivity contribution in [1.29, 1.82) is 0 Å². The first-order chi connectivity index (χ1) is 12.9. The van der Waals surface area contributed by atoms with Crippen molar-refractivity contribution >= 4 is 45.4 Å². The van der Waals surface area contributed by atoms with Gasteiger partial charge in [0.15, 0.2) is 0 Å². The first kappa shape index (κ1) is 18.7. The fourth-order valence-electron chi connectivity index (χ4n) is 2.57. The molecule has 1 aliphatic heterocycles. The van der Waals surface area contributed by atoms with Crippen molar-refractivity contribution in [3.05, 3.63) is 57.7 Å². The highest BCUT2D eigenvalue weighted by Gasteiger charge is 2.36. The lowest BCUT2D eigenvalue weighted by molar-refractivity contribution is -0.116. The average molecular weight is 432 g/mol. The van der Waals surface area contributed by atoms with Crippen molar-refractivity contribution in [1.82, 2.24) is 9.88 Å². The molecule has 0 radical (unpaired) electrons. The summed E-state index contributed by atoms with van der Waals surface area (Å²) in [6.07, 6.45) is 1.35. The fourth-order valence-corrected chi connectivity index (χ4v) is 2.93. The van der Waals surface area contributed by atoms with Gasteiger partial charge in [0.25, 0.3) is 11.8 Å². The van der Waals surface area contributed by atoms with Gasteiger partial charge in [0.05, 0.1) is 23.3 Å². The summed E-state index contributed by atoms with van der Waals surface area (Å²) >= 11 is 3.25. The van der Waals surface area contributed by atoms with E-state index in [-0.39, 0.29) is 29.1 Å². The second-order valence-corrected chi connectivity index (χ2v) is 6.50. The molecule has 2 aromatic rings. The van der Waals surface area contributed by atoms with Crippen molar-refractivity contribution in [2.75, 3.05) is 18.5 Å². The second kappa shape index (κ2) is 7.67. The molecule has 1 aliphatic rings. The number of halogens is 1. The lowest BCUT2D eigenvalue weighted by atomic mass is 10.1. The van der Waals surface area contributed by atoms with Gasteiger partial charge < -0.3 is 10.1 Å². The van der Waals surface area contributed by atoms with Gasteiger partial charge in [-0.15, -0.1) is 0 Å². The van der Waals surface area contributed by atoms with Crippen LogP contribution in [0.2, 0.25) is 0 Å². The summed E-state index contributed by atoms with van der Waals surface area (Å²) in [5, 5.41) is 2.47. The standard InChI is InChI=1S/C18H14BrN3O5/c1-2-27-18(26)10-5-6-20-14(7-10)21-15(23)9-22-16(24)12-4-3-11(19)8-13(12)17(22)25/h3-8H,2,9H2,1H3,(H,20,21,23). The maximum atomic E-state index is 12.4. The van der Waals surface area contributed by atoms with Crippen LogP contribution in [0.25, 0.3) is 0 Å². The van der Waals surface area contributed by atoms with Gasteiger partial charge in [-0.2, -0.15) is 0 Å². The summed E-state index contributed by atoms with van der Waals surface area (Å²) in [6, 6.07) is 7.53. The maximum absolute atomic E-state index is 12.4. The fraction of sp³-hybridized carbons (Fsp3) is 0.167. The Morgan fingerprint density at radius 3 is 2.63 bits per heavy atom. The van der Waals surface area contributed by atoms with Crippen LogP contribution in [-0.4, -0.2) is 46.7 Å². The van der Waals surface area contributed by atoms with E-state index in [4.69, 9.17) is 4.74 Å². The van der Waals surface area contributed by atoms with E-state index in [1.807, 2.05) is 0 Å². The highest BCUT2D eigenvalue weighted by molar-refractivity contribution is 9.10. The number of carbonyl (C=O) groups excluding carboxylic acids is 4. The topological polar surface area (TPSA) is 106 Å². The number of ether oxygens (including phenoxy) is 1. The average Bonchev–Trinajstić information content (AvgIpc) is 2.86. The Kier molecular flexibility index (Phi) is 5.31. The summed E-state index contributed by atoms with van der Waals surface area (Å²) in [7, 11) is 0. The Bertz CT molecular complexity index is 960. The van der Waals surface area contributed by atoms with Gasteiger partial charge in [0, 0.05) is 10.7 Å². The first-order valence-electron chi connectivity index (χ1n) is 7.99. The number of carbonyl (C=O) groups is 4. The lowest BCUT2D eigenvalue weighted by Crippen LogP contribution is -2.37. The summed E-state index contributed by atoms with van der Waals surface area (Å²) in [5.41, 5.74) is 0.718. The molecule has 0 saturated carbocycles. The molecular formula is C18H14BrN3O5. The Hall–Kier alpha value is -3.07. The maximum Gasteiger partial charge on any atom is 0.338 e. The number of nitrogens with zero attached hydrogens (tertiary/aromatic N) is 2. The Labute approximate surface area is 162 Å². The number of fused-ring (bicyclic) bond motifs is 1. The molecule has 0 bridgehead atoms. The highest BCUT2D eigenvalue weighted by atomic mass is 79.9. The van der Waals surface area contributed by atoms with E-state index in [9.17, 15) is 19.2 Å². The molecule has 0 unspecified atom stereocenters. The van der Waals surface area contributed by atoms with Crippen LogP contribution in [0.3, 0.4) is 0 Å². The van der Waals surface area contributed by atoms with Gasteiger partial charge in [-0.3, -0.25) is 19.3 Å². The van der Waals surface area contributed by atoms with E-state index in [1.165, 1.54) is 30.5 Å². The number of imide groups is 1. The molecule has 0 aliphatic carbocycles. The van der Waals surface area contributed by atoms with Gasteiger partial charge in [0.1, 0.15) is 12.4 Å². The largest absolute Gasteiger partial charge is 0.462 e. The second-order valence-electron chi connectivity index (χ2n) is 5.58. The number of aromatic nitrogens is 1. The van der Waals surface area contributed by atoms with Crippen LogP contribution in [0, 0.1) is 0 Å². The molecule has 1 N–H and O–H groups in total. The third kappa shape index (κ3) is 3.87. The van der Waals surface area contributed by atoms with E-state index in [1.54, 1.807) is 13.0 Å². The number of benzene rings is 1. The van der Waals surface area contributed by atoms with Crippen LogP contribution < -0.4 is 5.32 Å². The molecule has 0 atom stereocenters. The molecule has 1 aromatic heterocycles. The zero-order chi connectivity index (χ0) is 19.6. The van der Waals surface area contributed by atoms with Crippen molar-refractivity contribution in [3.8, 4) is 0 Å². The zero-order valence-corrected chi connectivity index (χ0v) is 15.8. The van der Waals surface area contributed by atoms with Gasteiger partial charge in [-0.1, -0.05) is 15.9 Å². The number of amides is 3. The van der Waals surface area contributed by atoms with E-state index in [2.05, 4.69) is 26.2 Å². The number of nitrogens with one attached hydrogen (secondary N) is 1. The Balaban J connectivity index is 1.70. The number of anilines is 1. The lowest BCUT2D eigenvalue weighted by Gasteiger charge is -2.13. The molecule has 2 heterocycles. The third-order valence-corrected chi connectivity index (χ3v) is 4.27. The summed E-state index contributed by atoms with van der Waals surface area (Å²) in [6.45, 7) is 1.44. The molecular weight excluding hydrogens is 418 g/mol. The van der Waals surface area contributed by atoms with Crippen LogP contribution in [0.1, 0.15) is 38.0 Å². The van der Waals surface area contributed by atoms with Gasteiger partial charge in [-0.05, 0) is 37.3 Å². The van der Waals surface area contributed by atoms with Crippen LogP contribution >= 0.6 is 15.9 Å². The molecule has 8 nitrogen and oxygen atoms in total. The molecule has 3 rings (SSSR count). The van der Waals surface area contributed by atoms with E-state index in [0.29, 0.717) is 4.47 Å². The summed E-state index contributed by atoms with van der Waals surface area (Å²) < 4.78 is 5.55. The quantitative estimate of drug-likeness (QED) is 0.574. The summed E-state index contributed by atoms with van der Waals surface area (Å²) in [4.78, 5) is 53.6. The minimum absolute atomic E-state index is 0.116. The molecule has 27 heavy (non-hydrogen) atoms. The van der Waals surface area contributed by atoms with Crippen LogP contribution in [0.4, 0.5) is 5.82 Å². The number of hydrogen-bond donors (Lipinski definition) is 1. The van der Waals surface area contributed by atoms with Gasteiger partial charge in [-0.25, -0.2) is 9.78 Å². The SMILES string of the molecule is CCOC(=O)c1ccnc(NC(=O)CN2C(=O)c3ccc(Br)cc3C2=O)c1. The first-order valence-corrected chi connectivity index (χ1v) is 8.78. The molecule has 3 amide bonds. The van der Waals surface area contributed by atoms with Crippen LogP contribution in [-0.2, 0) is 9.53 Å². The van der Waals surface area contributed by atoms with E-state index in [0.717, 1.165) is 4.90 Å². The van der Waals surface area contributed by atoms with Crippen molar-refractivity contribution in [2.45, 2.75) is 6.92 Å². The molecule has 0 fully saturated rings. The minimum Gasteiger partial charge on any atom is -0.462 e. The number of hydrogen-bond acceptors (Lipinski definition) is 6. The normalized spacial score (nSPS) is 12.7. The molecule has 0 spiro atoms. The van der Waals surface area contributed by atoms with Crippen molar-refractivity contribution in [3.63, 3.8) is 0 Å². The van der Waals surface area contributed by atoms with Crippen molar-refractivity contribution in [2.24, 2.45) is 0 Å². The highest BCUT2D eigenvalue weighted by Crippen LogP contribution is 2.25. The van der Waals surface area contributed by atoms with E-state index < -0.39 is 30.2 Å². The molecule has 1 aromatic carbocycles. The third-order valence-electron chi connectivity index (χ3n) is 3.77. The molecule has 9 heteroatoms. The molecule has 0 saturated heterocycles. The van der Waals surface area contributed by atoms with Gasteiger partial charge in [0.2, 0.25) is 5.91 Å². The van der Waals surface area contributed by atoms with Gasteiger partial charge >= 0.3 is 5.97 Å². The number of pyridine rings is 1. The Morgan fingerprint density at radius 2 is 1.89 bits per heavy atom. The van der Waals surface area contributed by atoms with E-state index >= 15 is 0 Å². The van der Waals surface area contributed by atoms with Crippen LogP contribution in [0.15, 0.2) is 41.0 Å².